The summed E-state index contributed by atoms with van der Waals surface area (Å²) in [6.45, 7) is 6.55. The number of hydrogen-bond acceptors (Lipinski definition) is 4. The Labute approximate surface area is 119 Å². The molecular weight excluding hydrogens is 248 g/mol. The molecule has 0 atom stereocenters. The first-order chi connectivity index (χ1) is 9.81. The lowest BCUT2D eigenvalue weighted by molar-refractivity contribution is 0.247. The highest BCUT2D eigenvalue weighted by molar-refractivity contribution is 5.76. The number of aromatic nitrogens is 2. The van der Waals surface area contributed by atoms with Gasteiger partial charge in [-0.05, 0) is 31.9 Å². The number of nitrogens with zero attached hydrogens (tertiary/aromatic N) is 4. The number of benzene rings is 1. The fourth-order valence-corrected chi connectivity index (χ4v) is 3.12. The third-order valence-corrected chi connectivity index (χ3v) is 4.40. The average Bonchev–Trinajstić information content (AvgIpc) is 3.31. The van der Waals surface area contributed by atoms with E-state index in [2.05, 4.69) is 16.7 Å². The van der Waals surface area contributed by atoms with Crippen LogP contribution in [0.1, 0.15) is 18.5 Å². The van der Waals surface area contributed by atoms with Crippen molar-refractivity contribution >= 4 is 16.9 Å². The molecule has 0 unspecified atom stereocenters. The van der Waals surface area contributed by atoms with Gasteiger partial charge in [0, 0.05) is 32.2 Å². The Bertz CT molecular complexity index is 627. The summed E-state index contributed by atoms with van der Waals surface area (Å²) >= 11 is 0. The van der Waals surface area contributed by atoms with Crippen molar-refractivity contribution in [2.45, 2.75) is 25.8 Å². The Hall–Kier alpha value is -1.68. The van der Waals surface area contributed by atoms with E-state index in [0.717, 1.165) is 41.7 Å². The Morgan fingerprint density at radius 1 is 0.950 bits per heavy atom. The lowest BCUT2D eigenvalue weighted by Gasteiger charge is -2.36. The van der Waals surface area contributed by atoms with E-state index < -0.39 is 0 Å². The van der Waals surface area contributed by atoms with E-state index in [4.69, 9.17) is 9.97 Å². The highest BCUT2D eigenvalue weighted by atomic mass is 15.3. The quantitative estimate of drug-likeness (QED) is 0.836. The van der Waals surface area contributed by atoms with Gasteiger partial charge in [-0.1, -0.05) is 12.1 Å². The first-order valence-electron chi connectivity index (χ1n) is 7.53. The molecule has 2 aliphatic rings. The summed E-state index contributed by atoms with van der Waals surface area (Å²) in [4.78, 5) is 14.6. The van der Waals surface area contributed by atoms with Crippen molar-refractivity contribution < 1.29 is 0 Å². The highest BCUT2D eigenvalue weighted by Crippen LogP contribution is 2.29. The van der Waals surface area contributed by atoms with Gasteiger partial charge in [0.25, 0.3) is 0 Å². The van der Waals surface area contributed by atoms with Crippen molar-refractivity contribution in [1.82, 2.24) is 14.9 Å². The zero-order chi connectivity index (χ0) is 13.5. The van der Waals surface area contributed by atoms with Crippen molar-refractivity contribution in [3.05, 3.63) is 30.0 Å². The molecule has 1 aromatic heterocycles. The third kappa shape index (κ3) is 2.14. The normalized spacial score (nSPS) is 20.6. The summed E-state index contributed by atoms with van der Waals surface area (Å²) in [5.74, 6) is 1.07. The van der Waals surface area contributed by atoms with Crippen molar-refractivity contribution in [2.24, 2.45) is 0 Å². The lowest BCUT2D eigenvalue weighted by Crippen LogP contribution is -2.47. The molecule has 2 heterocycles. The molecular formula is C16H20N4. The van der Waals surface area contributed by atoms with Crippen LogP contribution in [0.15, 0.2) is 24.3 Å². The van der Waals surface area contributed by atoms with Crippen LogP contribution in [0.5, 0.6) is 0 Å². The van der Waals surface area contributed by atoms with Crippen LogP contribution in [0.2, 0.25) is 0 Å². The first kappa shape index (κ1) is 12.1. The maximum Gasteiger partial charge on any atom is 0.150 e. The number of anilines is 1. The molecule has 2 aromatic rings. The maximum atomic E-state index is 4.83. The van der Waals surface area contributed by atoms with Crippen LogP contribution in [0.4, 0.5) is 5.82 Å². The molecule has 4 rings (SSSR count). The molecule has 0 spiro atoms. The van der Waals surface area contributed by atoms with E-state index in [1.165, 1.54) is 25.9 Å². The molecule has 1 aliphatic carbocycles. The van der Waals surface area contributed by atoms with Gasteiger partial charge in [0.05, 0.1) is 16.7 Å². The number of piperazine rings is 1. The second kappa shape index (κ2) is 4.70. The van der Waals surface area contributed by atoms with Crippen molar-refractivity contribution in [2.75, 3.05) is 31.1 Å². The van der Waals surface area contributed by atoms with E-state index >= 15 is 0 Å². The Kier molecular flexibility index (Phi) is 2.84. The summed E-state index contributed by atoms with van der Waals surface area (Å²) in [5, 5.41) is 0. The predicted molar refractivity (Wildman–Crippen MR) is 81.1 cm³/mol. The Morgan fingerprint density at radius 3 is 2.25 bits per heavy atom. The highest BCUT2D eigenvalue weighted by Gasteiger charge is 2.31. The van der Waals surface area contributed by atoms with Crippen molar-refractivity contribution in [3.63, 3.8) is 0 Å². The molecule has 1 aromatic carbocycles. The van der Waals surface area contributed by atoms with Crippen molar-refractivity contribution in [1.29, 1.82) is 0 Å². The van der Waals surface area contributed by atoms with E-state index in [9.17, 15) is 0 Å². The standard InChI is InChI=1S/C16H20N4/c1-12-16(18-15-5-3-2-4-14(15)17-12)20-10-8-19(9-11-20)13-6-7-13/h2-5,13H,6-11H2,1H3. The lowest BCUT2D eigenvalue weighted by atomic mass is 10.2. The van der Waals surface area contributed by atoms with Crippen molar-refractivity contribution in [3.8, 4) is 0 Å². The van der Waals surface area contributed by atoms with Crippen LogP contribution in [-0.4, -0.2) is 47.1 Å². The Morgan fingerprint density at radius 2 is 1.60 bits per heavy atom. The molecule has 20 heavy (non-hydrogen) atoms. The summed E-state index contributed by atoms with van der Waals surface area (Å²) in [6, 6.07) is 9.00. The van der Waals surface area contributed by atoms with Gasteiger partial charge in [-0.25, -0.2) is 9.97 Å². The molecule has 0 N–H and O–H groups in total. The van der Waals surface area contributed by atoms with Gasteiger partial charge in [-0.2, -0.15) is 0 Å². The summed E-state index contributed by atoms with van der Waals surface area (Å²) in [5.41, 5.74) is 3.03. The van der Waals surface area contributed by atoms with Gasteiger partial charge in [0.15, 0.2) is 5.82 Å². The van der Waals surface area contributed by atoms with Crippen LogP contribution >= 0.6 is 0 Å². The van der Waals surface area contributed by atoms with Gasteiger partial charge >= 0.3 is 0 Å². The third-order valence-electron chi connectivity index (χ3n) is 4.40. The van der Waals surface area contributed by atoms with E-state index in [1.54, 1.807) is 0 Å². The molecule has 0 radical (unpaired) electrons. The van der Waals surface area contributed by atoms with Crippen LogP contribution < -0.4 is 4.90 Å². The van der Waals surface area contributed by atoms with E-state index in [0.29, 0.717) is 0 Å². The largest absolute Gasteiger partial charge is 0.353 e. The molecule has 0 bridgehead atoms. The van der Waals surface area contributed by atoms with Crippen LogP contribution in [0, 0.1) is 6.92 Å². The van der Waals surface area contributed by atoms with Gasteiger partial charge in [0.1, 0.15) is 0 Å². The number of para-hydroxylation sites is 2. The summed E-state index contributed by atoms with van der Waals surface area (Å²) in [7, 11) is 0. The molecule has 2 fully saturated rings. The molecule has 1 aliphatic heterocycles. The number of hydrogen-bond donors (Lipinski definition) is 0. The van der Waals surface area contributed by atoms with Gasteiger partial charge < -0.3 is 4.90 Å². The van der Waals surface area contributed by atoms with E-state index in [1.807, 2.05) is 24.3 Å². The first-order valence-corrected chi connectivity index (χ1v) is 7.53. The minimum atomic E-state index is 0.876. The van der Waals surface area contributed by atoms with E-state index in [-0.39, 0.29) is 0 Å². The molecule has 104 valence electrons. The summed E-state index contributed by atoms with van der Waals surface area (Å²) in [6.07, 6.45) is 2.80. The van der Waals surface area contributed by atoms with Crippen LogP contribution in [0.3, 0.4) is 0 Å². The minimum absolute atomic E-state index is 0.876. The van der Waals surface area contributed by atoms with Crippen LogP contribution in [0.25, 0.3) is 11.0 Å². The summed E-state index contributed by atoms with van der Waals surface area (Å²) < 4.78 is 0. The fourth-order valence-electron chi connectivity index (χ4n) is 3.12. The second-order valence-electron chi connectivity index (χ2n) is 5.88. The average molecular weight is 268 g/mol. The second-order valence-corrected chi connectivity index (χ2v) is 5.88. The molecule has 1 saturated heterocycles. The van der Waals surface area contributed by atoms with Gasteiger partial charge in [-0.15, -0.1) is 0 Å². The minimum Gasteiger partial charge on any atom is -0.353 e. The number of rotatable bonds is 2. The molecule has 4 heteroatoms. The SMILES string of the molecule is Cc1nc2ccccc2nc1N1CCN(C2CC2)CC1. The van der Waals surface area contributed by atoms with Crippen LogP contribution in [-0.2, 0) is 0 Å². The fraction of sp³-hybridized carbons (Fsp3) is 0.500. The maximum absolute atomic E-state index is 4.83. The molecule has 0 amide bonds. The van der Waals surface area contributed by atoms with Gasteiger partial charge in [-0.3, -0.25) is 4.90 Å². The number of fused-ring (bicyclic) bond motifs is 1. The molecule has 1 saturated carbocycles. The predicted octanol–water partition coefficient (Wildman–Crippen LogP) is 2.22. The topological polar surface area (TPSA) is 32.3 Å². The molecule has 4 nitrogen and oxygen atoms in total. The number of aryl methyl sites for hydroxylation is 1. The monoisotopic (exact) mass is 268 g/mol. The zero-order valence-electron chi connectivity index (χ0n) is 11.9. The zero-order valence-corrected chi connectivity index (χ0v) is 11.9. The van der Waals surface area contributed by atoms with Gasteiger partial charge in [0.2, 0.25) is 0 Å². The Balaban J connectivity index is 1.60. The smallest absolute Gasteiger partial charge is 0.150 e.